The van der Waals surface area contributed by atoms with E-state index in [0.29, 0.717) is 48.1 Å². The lowest BCUT2D eigenvalue weighted by Crippen LogP contribution is -2.39. The number of nitrogens with one attached hydrogen (secondary N) is 3. The quantitative estimate of drug-likeness (QED) is 0.472. The van der Waals surface area contributed by atoms with Crippen molar-refractivity contribution in [2.45, 2.75) is 52.6 Å². The standard InChI is InChI=1S/C28H37N3O6/c1-15(2)14-29-28(34)16(3)30-22-11-9-19-20(13-23(22)33)21(31-17(4)32)10-8-18-12-24(35-5)26(36-6)27(37-7)25(18)19/h9,11-13,15-16,21H,8,10,14H2,1-7H3,(H,29,34)(H,30,33)(H,31,32). The molecule has 0 spiro atoms. The van der Waals surface area contributed by atoms with Crippen LogP contribution in [0, 0.1) is 5.92 Å². The molecule has 2 amide bonds. The van der Waals surface area contributed by atoms with Gasteiger partial charge in [0.15, 0.2) is 11.5 Å². The highest BCUT2D eigenvalue weighted by Crippen LogP contribution is 2.50. The van der Waals surface area contributed by atoms with E-state index in [1.165, 1.54) is 13.0 Å². The Balaban J connectivity index is 2.19. The number of fused-ring (bicyclic) bond motifs is 3. The molecule has 2 atom stereocenters. The number of carbonyl (C=O) groups excluding carboxylic acids is 2. The summed E-state index contributed by atoms with van der Waals surface area (Å²) in [4.78, 5) is 38.0. The fraction of sp³-hybridized carbons (Fsp3) is 0.464. The maximum Gasteiger partial charge on any atom is 0.242 e. The number of ether oxygens (including phenoxy) is 3. The van der Waals surface area contributed by atoms with Crippen molar-refractivity contribution >= 4 is 17.5 Å². The van der Waals surface area contributed by atoms with E-state index in [2.05, 4.69) is 16.0 Å². The van der Waals surface area contributed by atoms with E-state index in [1.807, 2.05) is 26.0 Å². The van der Waals surface area contributed by atoms with E-state index in [1.54, 1.807) is 34.3 Å². The van der Waals surface area contributed by atoms with Crippen LogP contribution in [0.5, 0.6) is 17.2 Å². The van der Waals surface area contributed by atoms with Gasteiger partial charge in [-0.3, -0.25) is 14.4 Å². The van der Waals surface area contributed by atoms with E-state index >= 15 is 0 Å². The maximum absolute atomic E-state index is 13.4. The molecule has 1 aliphatic carbocycles. The zero-order chi connectivity index (χ0) is 27.3. The largest absolute Gasteiger partial charge is 0.493 e. The highest BCUT2D eigenvalue weighted by molar-refractivity contribution is 5.85. The normalized spacial score (nSPS) is 15.0. The number of rotatable bonds is 9. The fourth-order valence-electron chi connectivity index (χ4n) is 4.58. The van der Waals surface area contributed by atoms with E-state index in [9.17, 15) is 14.4 Å². The molecule has 9 nitrogen and oxygen atoms in total. The molecule has 3 rings (SSSR count). The maximum atomic E-state index is 13.4. The number of benzene rings is 1. The molecule has 9 heteroatoms. The number of methoxy groups -OCH3 is 3. The number of hydrogen-bond acceptors (Lipinski definition) is 7. The van der Waals surface area contributed by atoms with E-state index in [-0.39, 0.29) is 22.9 Å². The van der Waals surface area contributed by atoms with Crippen molar-refractivity contribution in [3.05, 3.63) is 45.6 Å². The highest BCUT2D eigenvalue weighted by atomic mass is 16.5. The predicted octanol–water partition coefficient (Wildman–Crippen LogP) is 3.44. The Bertz CT molecular complexity index is 1230. The minimum atomic E-state index is -0.619. The first-order valence-electron chi connectivity index (χ1n) is 12.4. The molecule has 0 saturated carbocycles. The van der Waals surface area contributed by atoms with E-state index in [4.69, 9.17) is 14.2 Å². The summed E-state index contributed by atoms with van der Waals surface area (Å²) in [6, 6.07) is 5.91. The van der Waals surface area contributed by atoms with Crippen molar-refractivity contribution < 1.29 is 23.8 Å². The summed E-state index contributed by atoms with van der Waals surface area (Å²) in [5.41, 5.74) is 3.09. The zero-order valence-electron chi connectivity index (χ0n) is 22.6. The van der Waals surface area contributed by atoms with Gasteiger partial charge in [-0.2, -0.15) is 0 Å². The highest BCUT2D eigenvalue weighted by Gasteiger charge is 2.29. The van der Waals surface area contributed by atoms with Crippen LogP contribution in [0.3, 0.4) is 0 Å². The molecule has 1 aliphatic rings. The molecule has 2 unspecified atom stereocenters. The Morgan fingerprint density at radius 1 is 1.03 bits per heavy atom. The second kappa shape index (κ2) is 12.0. The Kier molecular flexibility index (Phi) is 9.02. The lowest BCUT2D eigenvalue weighted by molar-refractivity contribution is -0.121. The molecule has 0 aliphatic heterocycles. The molecule has 0 bridgehead atoms. The first-order valence-corrected chi connectivity index (χ1v) is 12.4. The van der Waals surface area contributed by atoms with Crippen molar-refractivity contribution in [2.75, 3.05) is 33.2 Å². The van der Waals surface area contributed by atoms with Gasteiger partial charge in [0.05, 0.1) is 33.1 Å². The molecule has 37 heavy (non-hydrogen) atoms. The fourth-order valence-corrected chi connectivity index (χ4v) is 4.58. The summed E-state index contributed by atoms with van der Waals surface area (Å²) in [6.45, 7) is 7.74. The van der Waals surface area contributed by atoms with Crippen molar-refractivity contribution in [1.82, 2.24) is 10.6 Å². The SMILES string of the molecule is COc1cc2c(c(OC)c1OC)-c1ccc(NC(C)C(=O)NCC(C)C)c(=O)cc1C(NC(C)=O)CC2. The van der Waals surface area contributed by atoms with Crippen molar-refractivity contribution in [3.63, 3.8) is 0 Å². The first kappa shape index (κ1) is 27.8. The third-order valence-electron chi connectivity index (χ3n) is 6.37. The molecule has 0 saturated heterocycles. The van der Waals surface area contributed by atoms with Gasteiger partial charge >= 0.3 is 0 Å². The second-order valence-corrected chi connectivity index (χ2v) is 9.60. The molecule has 0 heterocycles. The van der Waals surface area contributed by atoms with Gasteiger partial charge in [0.2, 0.25) is 23.0 Å². The second-order valence-electron chi connectivity index (χ2n) is 9.60. The third kappa shape index (κ3) is 6.15. The summed E-state index contributed by atoms with van der Waals surface area (Å²) in [5.74, 6) is 1.38. The summed E-state index contributed by atoms with van der Waals surface area (Å²) in [6.07, 6.45) is 1.18. The Morgan fingerprint density at radius 3 is 2.32 bits per heavy atom. The molecule has 2 aromatic carbocycles. The smallest absolute Gasteiger partial charge is 0.242 e. The van der Waals surface area contributed by atoms with Crippen molar-refractivity contribution in [1.29, 1.82) is 0 Å². The van der Waals surface area contributed by atoms with Crippen molar-refractivity contribution in [2.24, 2.45) is 5.92 Å². The van der Waals surface area contributed by atoms with Gasteiger partial charge < -0.3 is 30.2 Å². The average molecular weight is 512 g/mol. The molecular formula is C28H37N3O6. The van der Waals surface area contributed by atoms with Crippen LogP contribution in [0.4, 0.5) is 5.69 Å². The number of amides is 2. The number of carbonyl (C=O) groups is 2. The van der Waals surface area contributed by atoms with Gasteiger partial charge in [-0.05, 0) is 60.6 Å². The van der Waals surface area contributed by atoms with Gasteiger partial charge in [-0.25, -0.2) is 0 Å². The molecule has 0 fully saturated rings. The summed E-state index contributed by atoms with van der Waals surface area (Å²) >= 11 is 0. The van der Waals surface area contributed by atoms with Crippen LogP contribution in [0.15, 0.2) is 29.1 Å². The van der Waals surface area contributed by atoms with Gasteiger partial charge in [-0.15, -0.1) is 0 Å². The minimum Gasteiger partial charge on any atom is -0.493 e. The van der Waals surface area contributed by atoms with Crippen molar-refractivity contribution in [3.8, 4) is 28.4 Å². The number of hydrogen-bond donors (Lipinski definition) is 3. The molecule has 3 N–H and O–H groups in total. The Morgan fingerprint density at radius 2 is 1.73 bits per heavy atom. The molecule has 0 aromatic heterocycles. The van der Waals surface area contributed by atoms with Crippen LogP contribution < -0.4 is 35.6 Å². The Labute approximate surface area is 217 Å². The lowest BCUT2D eigenvalue weighted by Gasteiger charge is -2.19. The summed E-state index contributed by atoms with van der Waals surface area (Å²) < 4.78 is 17.0. The monoisotopic (exact) mass is 511 g/mol. The van der Waals surface area contributed by atoms with Gasteiger partial charge in [0.1, 0.15) is 6.04 Å². The van der Waals surface area contributed by atoms with Gasteiger partial charge in [0, 0.05) is 19.0 Å². The lowest BCUT2D eigenvalue weighted by atomic mass is 9.95. The van der Waals surface area contributed by atoms with Crippen LogP contribution in [0.25, 0.3) is 11.1 Å². The molecule has 200 valence electrons. The van der Waals surface area contributed by atoms with Crippen LogP contribution in [0.1, 0.15) is 51.3 Å². The predicted molar refractivity (Wildman–Crippen MR) is 144 cm³/mol. The zero-order valence-corrected chi connectivity index (χ0v) is 22.6. The first-order chi connectivity index (χ1) is 17.6. The van der Waals surface area contributed by atoms with Crippen LogP contribution >= 0.6 is 0 Å². The Hall–Kier alpha value is -3.75. The van der Waals surface area contributed by atoms with Crippen LogP contribution in [-0.4, -0.2) is 45.7 Å². The van der Waals surface area contributed by atoms with E-state index < -0.39 is 12.1 Å². The number of anilines is 1. The van der Waals surface area contributed by atoms with E-state index in [0.717, 1.165) is 16.7 Å². The number of aryl methyl sites for hydroxylation is 1. The molecular weight excluding hydrogens is 474 g/mol. The van der Waals surface area contributed by atoms with Crippen LogP contribution in [-0.2, 0) is 16.0 Å². The third-order valence-corrected chi connectivity index (χ3v) is 6.37. The van der Waals surface area contributed by atoms with Crippen LogP contribution in [0.2, 0.25) is 0 Å². The molecule has 0 radical (unpaired) electrons. The van der Waals surface area contributed by atoms with Gasteiger partial charge in [-0.1, -0.05) is 19.9 Å². The molecule has 2 aromatic rings. The van der Waals surface area contributed by atoms with Gasteiger partial charge in [0.25, 0.3) is 0 Å². The summed E-state index contributed by atoms with van der Waals surface area (Å²) in [5, 5.41) is 8.92. The topological polar surface area (TPSA) is 115 Å². The summed E-state index contributed by atoms with van der Waals surface area (Å²) in [7, 11) is 4.66. The minimum absolute atomic E-state index is 0.193. The average Bonchev–Trinajstić information content (AvgIpc) is 3.10.